The van der Waals surface area contributed by atoms with Crippen molar-refractivity contribution in [2.45, 2.75) is 5.75 Å². The zero-order chi connectivity index (χ0) is 22.0. The fraction of sp³-hybridized carbons (Fsp3) is 0.0833. The van der Waals surface area contributed by atoms with Crippen molar-refractivity contribution in [1.29, 1.82) is 0 Å². The number of para-hydroxylation sites is 1. The summed E-state index contributed by atoms with van der Waals surface area (Å²) >= 11 is 0. The fourth-order valence-corrected chi connectivity index (χ4v) is 4.25. The molecule has 4 aromatic rings. The summed E-state index contributed by atoms with van der Waals surface area (Å²) in [7, 11) is -3.08. The molecular formula is C24H21N3O3S. The first-order valence-electron chi connectivity index (χ1n) is 9.62. The van der Waals surface area contributed by atoms with Crippen molar-refractivity contribution in [1.82, 2.24) is 4.98 Å². The van der Waals surface area contributed by atoms with Crippen LogP contribution < -0.4 is 11.1 Å². The highest BCUT2D eigenvalue weighted by molar-refractivity contribution is 7.89. The number of benzene rings is 3. The van der Waals surface area contributed by atoms with E-state index in [1.807, 2.05) is 72.8 Å². The summed E-state index contributed by atoms with van der Waals surface area (Å²) in [6.07, 6.45) is 2.70. The number of hydrogen-bond donors (Lipinski definition) is 2. The van der Waals surface area contributed by atoms with Gasteiger partial charge in [0.2, 0.25) is 0 Å². The van der Waals surface area contributed by atoms with Crippen LogP contribution in [0.25, 0.3) is 22.0 Å². The Morgan fingerprint density at radius 1 is 0.968 bits per heavy atom. The number of pyridine rings is 1. The molecule has 0 saturated carbocycles. The average molecular weight is 432 g/mol. The third-order valence-electron chi connectivity index (χ3n) is 4.89. The van der Waals surface area contributed by atoms with E-state index >= 15 is 0 Å². The molecular weight excluding hydrogens is 410 g/mol. The molecule has 0 bridgehead atoms. The van der Waals surface area contributed by atoms with E-state index in [1.165, 1.54) is 12.5 Å². The van der Waals surface area contributed by atoms with Crippen molar-refractivity contribution in [2.24, 2.45) is 5.73 Å². The first-order chi connectivity index (χ1) is 14.8. The quantitative estimate of drug-likeness (QED) is 0.474. The predicted molar refractivity (Wildman–Crippen MR) is 124 cm³/mol. The number of nitrogens with two attached hydrogens (primary N) is 1. The number of hydrogen-bond acceptors (Lipinski definition) is 5. The van der Waals surface area contributed by atoms with Crippen LogP contribution in [-0.2, 0) is 15.6 Å². The summed E-state index contributed by atoms with van der Waals surface area (Å²) in [5.41, 5.74) is 10.7. The number of amides is 1. The molecule has 3 aromatic carbocycles. The summed E-state index contributed by atoms with van der Waals surface area (Å²) in [5, 5.41) is 4.06. The molecule has 0 aliphatic rings. The van der Waals surface area contributed by atoms with Gasteiger partial charge in [-0.2, -0.15) is 0 Å². The van der Waals surface area contributed by atoms with Gasteiger partial charge < -0.3 is 11.1 Å². The maximum atomic E-state index is 12.0. The topological polar surface area (TPSA) is 102 Å². The minimum absolute atomic E-state index is 0.0109. The standard InChI is InChI=1S/C24H21N3O3S/c1-31(29,30)15-16-7-9-17(10-8-16)18-11-12-20-22(13-18)26-14-21(24(25)28)23(20)27-19-5-3-2-4-6-19/h2-14H,15H2,1H3,(H2,25,28)(H,26,27). The maximum Gasteiger partial charge on any atom is 0.252 e. The van der Waals surface area contributed by atoms with Gasteiger partial charge in [0.05, 0.1) is 22.5 Å². The van der Waals surface area contributed by atoms with Crippen molar-refractivity contribution >= 4 is 38.0 Å². The summed E-state index contributed by atoms with van der Waals surface area (Å²) in [4.78, 5) is 16.4. The Labute approximate surface area is 180 Å². The molecule has 0 unspecified atom stereocenters. The number of anilines is 2. The highest BCUT2D eigenvalue weighted by atomic mass is 32.2. The number of primary amides is 1. The number of carbonyl (C=O) groups is 1. The lowest BCUT2D eigenvalue weighted by Crippen LogP contribution is -2.14. The van der Waals surface area contributed by atoms with Gasteiger partial charge >= 0.3 is 0 Å². The summed E-state index contributed by atoms with van der Waals surface area (Å²) in [6.45, 7) is 0. The molecule has 1 amide bonds. The molecule has 1 heterocycles. The first kappa shape index (κ1) is 20.6. The molecule has 3 N–H and O–H groups in total. The van der Waals surface area contributed by atoms with Crippen LogP contribution in [0.5, 0.6) is 0 Å². The number of rotatable bonds is 6. The second-order valence-electron chi connectivity index (χ2n) is 7.40. The first-order valence-corrected chi connectivity index (χ1v) is 11.7. The van der Waals surface area contributed by atoms with Crippen LogP contribution in [0.15, 0.2) is 79.0 Å². The van der Waals surface area contributed by atoms with E-state index in [4.69, 9.17) is 5.73 Å². The van der Waals surface area contributed by atoms with Gasteiger partial charge in [-0.25, -0.2) is 8.42 Å². The molecule has 0 aliphatic heterocycles. The minimum atomic E-state index is -3.08. The SMILES string of the molecule is CS(=O)(=O)Cc1ccc(-c2ccc3c(Nc4ccccc4)c(C(N)=O)cnc3c2)cc1. The lowest BCUT2D eigenvalue weighted by molar-refractivity contribution is 0.100. The fourth-order valence-electron chi connectivity index (χ4n) is 3.46. The Morgan fingerprint density at radius 3 is 2.29 bits per heavy atom. The van der Waals surface area contributed by atoms with E-state index < -0.39 is 15.7 Å². The van der Waals surface area contributed by atoms with Crippen LogP contribution in [0.1, 0.15) is 15.9 Å². The molecule has 31 heavy (non-hydrogen) atoms. The molecule has 7 heteroatoms. The van der Waals surface area contributed by atoms with E-state index in [0.29, 0.717) is 16.8 Å². The molecule has 0 atom stereocenters. The molecule has 6 nitrogen and oxygen atoms in total. The molecule has 4 rings (SSSR count). The van der Waals surface area contributed by atoms with Gasteiger partial charge in [0.15, 0.2) is 9.84 Å². The van der Waals surface area contributed by atoms with Crippen LogP contribution >= 0.6 is 0 Å². The Bertz CT molecular complexity index is 1370. The Morgan fingerprint density at radius 2 is 1.65 bits per heavy atom. The van der Waals surface area contributed by atoms with Crippen LogP contribution in [0, 0.1) is 0 Å². The Kier molecular flexibility index (Phi) is 5.44. The number of aromatic nitrogens is 1. The Balaban J connectivity index is 1.74. The van der Waals surface area contributed by atoms with E-state index in [9.17, 15) is 13.2 Å². The molecule has 0 saturated heterocycles. The van der Waals surface area contributed by atoms with E-state index in [2.05, 4.69) is 10.3 Å². The number of fused-ring (bicyclic) bond motifs is 1. The zero-order valence-corrected chi connectivity index (χ0v) is 17.7. The summed E-state index contributed by atoms with van der Waals surface area (Å²) in [5.74, 6) is -0.546. The lowest BCUT2D eigenvalue weighted by atomic mass is 10.0. The van der Waals surface area contributed by atoms with Crippen LogP contribution in [0.3, 0.4) is 0 Å². The molecule has 0 aliphatic carbocycles. The van der Waals surface area contributed by atoms with Gasteiger partial charge in [-0.3, -0.25) is 9.78 Å². The molecule has 0 fully saturated rings. The average Bonchev–Trinajstić information content (AvgIpc) is 2.73. The second kappa shape index (κ2) is 8.20. The number of sulfone groups is 1. The molecule has 1 aromatic heterocycles. The van der Waals surface area contributed by atoms with E-state index in [0.717, 1.165) is 27.8 Å². The normalized spacial score (nSPS) is 11.4. The van der Waals surface area contributed by atoms with Gasteiger partial charge in [-0.15, -0.1) is 0 Å². The second-order valence-corrected chi connectivity index (χ2v) is 9.54. The zero-order valence-electron chi connectivity index (χ0n) is 16.9. The summed E-state index contributed by atoms with van der Waals surface area (Å²) < 4.78 is 23.0. The van der Waals surface area contributed by atoms with Crippen molar-refractivity contribution < 1.29 is 13.2 Å². The third kappa shape index (κ3) is 4.73. The van der Waals surface area contributed by atoms with Gasteiger partial charge in [-0.1, -0.05) is 54.6 Å². The van der Waals surface area contributed by atoms with Gasteiger partial charge in [0.1, 0.15) is 0 Å². The summed E-state index contributed by atoms with van der Waals surface area (Å²) in [6, 6.07) is 22.7. The predicted octanol–water partition coefficient (Wildman–Crippen LogP) is 4.29. The maximum absolute atomic E-state index is 12.0. The number of nitrogens with one attached hydrogen (secondary N) is 1. The van der Waals surface area contributed by atoms with Crippen LogP contribution in [0.2, 0.25) is 0 Å². The largest absolute Gasteiger partial charge is 0.365 e. The van der Waals surface area contributed by atoms with Gasteiger partial charge in [-0.05, 0) is 34.9 Å². The highest BCUT2D eigenvalue weighted by Gasteiger charge is 2.14. The van der Waals surface area contributed by atoms with Crippen LogP contribution in [0.4, 0.5) is 11.4 Å². The highest BCUT2D eigenvalue weighted by Crippen LogP contribution is 2.32. The monoisotopic (exact) mass is 431 g/mol. The Hall–Kier alpha value is -3.71. The van der Waals surface area contributed by atoms with Gasteiger partial charge in [0, 0.05) is 23.5 Å². The lowest BCUT2D eigenvalue weighted by Gasteiger charge is -2.14. The third-order valence-corrected chi connectivity index (χ3v) is 5.75. The van der Waals surface area contributed by atoms with Crippen LogP contribution in [-0.4, -0.2) is 25.6 Å². The van der Waals surface area contributed by atoms with Crippen molar-refractivity contribution in [2.75, 3.05) is 11.6 Å². The smallest absolute Gasteiger partial charge is 0.252 e. The molecule has 0 radical (unpaired) electrons. The van der Waals surface area contributed by atoms with Gasteiger partial charge in [0.25, 0.3) is 5.91 Å². The van der Waals surface area contributed by atoms with E-state index in [-0.39, 0.29) is 5.75 Å². The molecule has 0 spiro atoms. The molecule has 156 valence electrons. The minimum Gasteiger partial charge on any atom is -0.365 e. The van der Waals surface area contributed by atoms with Crippen molar-refractivity contribution in [3.63, 3.8) is 0 Å². The van der Waals surface area contributed by atoms with Crippen molar-refractivity contribution in [3.05, 3.63) is 90.1 Å². The number of carbonyl (C=O) groups excluding carboxylic acids is 1. The van der Waals surface area contributed by atoms with Crippen molar-refractivity contribution in [3.8, 4) is 11.1 Å². The number of nitrogens with zero attached hydrogens (tertiary/aromatic N) is 1. The van der Waals surface area contributed by atoms with E-state index in [1.54, 1.807) is 0 Å².